The molecule has 2 aromatic rings. The van der Waals surface area contributed by atoms with Gasteiger partial charge in [-0.05, 0) is 49.7 Å². The molecule has 0 aliphatic heterocycles. The van der Waals surface area contributed by atoms with Gasteiger partial charge in [-0.1, -0.05) is 12.1 Å². The Kier molecular flexibility index (Phi) is 8.98. The van der Waals surface area contributed by atoms with E-state index in [2.05, 4.69) is 10.6 Å². The minimum absolute atomic E-state index is 0.0725. The van der Waals surface area contributed by atoms with Crippen molar-refractivity contribution in [1.82, 2.24) is 5.32 Å². The van der Waals surface area contributed by atoms with Crippen molar-refractivity contribution in [2.75, 3.05) is 38.8 Å². The summed E-state index contributed by atoms with van der Waals surface area (Å²) in [4.78, 5) is 24.4. The van der Waals surface area contributed by atoms with Crippen molar-refractivity contribution in [3.63, 3.8) is 0 Å². The van der Waals surface area contributed by atoms with Crippen molar-refractivity contribution in [3.8, 4) is 11.5 Å². The Bertz CT molecular complexity index is 805. The van der Waals surface area contributed by atoms with Crippen LogP contribution in [0.2, 0.25) is 0 Å². The van der Waals surface area contributed by atoms with Gasteiger partial charge in [-0.3, -0.25) is 9.59 Å². The molecule has 0 saturated carbocycles. The molecule has 0 fully saturated rings. The van der Waals surface area contributed by atoms with Crippen molar-refractivity contribution in [1.29, 1.82) is 0 Å². The van der Waals surface area contributed by atoms with E-state index in [1.165, 1.54) is 0 Å². The first-order valence-electron chi connectivity index (χ1n) is 9.63. The lowest BCUT2D eigenvalue weighted by Crippen LogP contribution is -2.28. The predicted molar refractivity (Wildman–Crippen MR) is 112 cm³/mol. The minimum atomic E-state index is -0.251. The van der Waals surface area contributed by atoms with E-state index in [0.29, 0.717) is 49.1 Å². The third-order valence-corrected chi connectivity index (χ3v) is 4.01. The summed E-state index contributed by atoms with van der Waals surface area (Å²) < 4.78 is 16.0. The second-order valence-electron chi connectivity index (χ2n) is 6.20. The number of nitrogens with one attached hydrogen (secondary N) is 2. The summed E-state index contributed by atoms with van der Waals surface area (Å²) in [7, 11) is 1.59. The molecule has 156 valence electrons. The predicted octanol–water partition coefficient (Wildman–Crippen LogP) is 3.04. The van der Waals surface area contributed by atoms with Crippen LogP contribution in [0.1, 0.15) is 29.8 Å². The molecule has 0 unspecified atom stereocenters. The maximum Gasteiger partial charge on any atom is 0.255 e. The van der Waals surface area contributed by atoms with Crippen LogP contribution in [-0.4, -0.2) is 45.3 Å². The maximum absolute atomic E-state index is 12.6. The summed E-state index contributed by atoms with van der Waals surface area (Å²) >= 11 is 0. The van der Waals surface area contributed by atoms with Crippen LogP contribution >= 0.6 is 0 Å². The molecule has 0 bridgehead atoms. The Balaban J connectivity index is 1.98. The standard InChI is InChI=1S/C22H28N2O5/c1-4-28-19-11-8-17(15-20(19)29-5-2)22(26)24-18-9-6-16(7-10-18)14-21(25)23-12-13-27-3/h6-11,15H,4-5,12-14H2,1-3H3,(H,23,25)(H,24,26). The minimum Gasteiger partial charge on any atom is -0.490 e. The maximum atomic E-state index is 12.6. The van der Waals surface area contributed by atoms with Gasteiger partial charge in [-0.25, -0.2) is 0 Å². The second kappa shape index (κ2) is 11.7. The number of hydrogen-bond acceptors (Lipinski definition) is 5. The number of carbonyl (C=O) groups excluding carboxylic acids is 2. The van der Waals surface area contributed by atoms with Gasteiger partial charge < -0.3 is 24.8 Å². The molecule has 0 atom stereocenters. The molecular formula is C22H28N2O5. The summed E-state index contributed by atoms with van der Waals surface area (Å²) in [5.41, 5.74) is 1.97. The van der Waals surface area contributed by atoms with Crippen LogP contribution in [0.15, 0.2) is 42.5 Å². The molecule has 7 heteroatoms. The van der Waals surface area contributed by atoms with Gasteiger partial charge in [0, 0.05) is 24.9 Å². The van der Waals surface area contributed by atoms with Gasteiger partial charge in [0.2, 0.25) is 5.91 Å². The number of methoxy groups -OCH3 is 1. The fraction of sp³-hybridized carbons (Fsp3) is 0.364. The summed E-state index contributed by atoms with van der Waals surface area (Å²) in [5.74, 6) is 0.826. The van der Waals surface area contributed by atoms with Crippen molar-refractivity contribution in [2.45, 2.75) is 20.3 Å². The van der Waals surface area contributed by atoms with Gasteiger partial charge in [0.05, 0.1) is 26.2 Å². The Morgan fingerprint density at radius 1 is 0.931 bits per heavy atom. The van der Waals surface area contributed by atoms with E-state index >= 15 is 0 Å². The fourth-order valence-electron chi connectivity index (χ4n) is 2.64. The number of benzene rings is 2. The normalized spacial score (nSPS) is 10.3. The van der Waals surface area contributed by atoms with Crippen molar-refractivity contribution < 1.29 is 23.8 Å². The van der Waals surface area contributed by atoms with Crippen molar-refractivity contribution in [2.24, 2.45) is 0 Å². The summed E-state index contributed by atoms with van der Waals surface area (Å²) in [6, 6.07) is 12.3. The highest BCUT2D eigenvalue weighted by Crippen LogP contribution is 2.29. The molecule has 29 heavy (non-hydrogen) atoms. The van der Waals surface area contributed by atoms with Crippen LogP contribution in [-0.2, 0) is 16.0 Å². The zero-order valence-electron chi connectivity index (χ0n) is 17.1. The van der Waals surface area contributed by atoms with E-state index in [1.807, 2.05) is 26.0 Å². The SMILES string of the molecule is CCOc1ccc(C(=O)Nc2ccc(CC(=O)NCCOC)cc2)cc1OCC. The van der Waals surface area contributed by atoms with Crippen LogP contribution in [0.25, 0.3) is 0 Å². The molecule has 2 rings (SSSR count). The summed E-state index contributed by atoms with van der Waals surface area (Å²) in [5, 5.41) is 5.62. The zero-order valence-corrected chi connectivity index (χ0v) is 17.1. The molecule has 0 heterocycles. The number of carbonyl (C=O) groups is 2. The quantitative estimate of drug-likeness (QED) is 0.566. The number of hydrogen-bond donors (Lipinski definition) is 2. The lowest BCUT2D eigenvalue weighted by atomic mass is 10.1. The summed E-state index contributed by atoms with van der Waals surface area (Å²) in [6.07, 6.45) is 0.272. The molecule has 2 aromatic carbocycles. The molecule has 7 nitrogen and oxygen atoms in total. The van der Waals surface area contributed by atoms with Crippen LogP contribution in [0.3, 0.4) is 0 Å². The molecular weight excluding hydrogens is 372 g/mol. The third kappa shape index (κ3) is 7.12. The molecule has 0 saturated heterocycles. The van der Waals surface area contributed by atoms with Gasteiger partial charge in [0.25, 0.3) is 5.91 Å². The highest BCUT2D eigenvalue weighted by Gasteiger charge is 2.12. The number of ether oxygens (including phenoxy) is 3. The topological polar surface area (TPSA) is 85.9 Å². The van der Waals surface area contributed by atoms with Crippen molar-refractivity contribution >= 4 is 17.5 Å². The Labute approximate surface area is 171 Å². The molecule has 0 spiro atoms. The third-order valence-electron chi connectivity index (χ3n) is 4.01. The van der Waals surface area contributed by atoms with E-state index in [-0.39, 0.29) is 18.2 Å². The Morgan fingerprint density at radius 3 is 2.28 bits per heavy atom. The van der Waals surface area contributed by atoms with Crippen LogP contribution in [0.5, 0.6) is 11.5 Å². The second-order valence-corrected chi connectivity index (χ2v) is 6.20. The van der Waals surface area contributed by atoms with Crippen LogP contribution in [0.4, 0.5) is 5.69 Å². The first-order valence-corrected chi connectivity index (χ1v) is 9.63. The van der Waals surface area contributed by atoms with E-state index in [4.69, 9.17) is 14.2 Å². The molecule has 2 N–H and O–H groups in total. The first kappa shape index (κ1) is 22.2. The molecule has 2 amide bonds. The first-order chi connectivity index (χ1) is 14.1. The van der Waals surface area contributed by atoms with E-state index in [9.17, 15) is 9.59 Å². The smallest absolute Gasteiger partial charge is 0.255 e. The van der Waals surface area contributed by atoms with E-state index < -0.39 is 0 Å². The van der Waals surface area contributed by atoms with Gasteiger partial charge in [-0.2, -0.15) is 0 Å². The number of rotatable bonds is 11. The Hall–Kier alpha value is -3.06. The van der Waals surface area contributed by atoms with E-state index in [1.54, 1.807) is 37.4 Å². The summed E-state index contributed by atoms with van der Waals surface area (Å²) in [6.45, 7) is 5.72. The average molecular weight is 400 g/mol. The lowest BCUT2D eigenvalue weighted by molar-refractivity contribution is -0.120. The average Bonchev–Trinajstić information content (AvgIpc) is 2.71. The van der Waals surface area contributed by atoms with Gasteiger partial charge in [0.1, 0.15) is 0 Å². The van der Waals surface area contributed by atoms with E-state index in [0.717, 1.165) is 5.56 Å². The number of amides is 2. The molecule has 0 radical (unpaired) electrons. The molecule has 0 aliphatic rings. The largest absolute Gasteiger partial charge is 0.490 e. The van der Waals surface area contributed by atoms with Crippen LogP contribution < -0.4 is 20.1 Å². The van der Waals surface area contributed by atoms with Crippen LogP contribution in [0, 0.1) is 0 Å². The lowest BCUT2D eigenvalue weighted by Gasteiger charge is -2.12. The molecule has 0 aromatic heterocycles. The highest BCUT2D eigenvalue weighted by molar-refractivity contribution is 6.04. The highest BCUT2D eigenvalue weighted by atomic mass is 16.5. The van der Waals surface area contributed by atoms with Gasteiger partial charge >= 0.3 is 0 Å². The van der Waals surface area contributed by atoms with Crippen molar-refractivity contribution in [3.05, 3.63) is 53.6 Å². The van der Waals surface area contributed by atoms with Gasteiger partial charge in [-0.15, -0.1) is 0 Å². The molecule has 0 aliphatic carbocycles. The fourth-order valence-corrected chi connectivity index (χ4v) is 2.64. The Morgan fingerprint density at radius 2 is 1.62 bits per heavy atom. The zero-order chi connectivity index (χ0) is 21.1. The monoisotopic (exact) mass is 400 g/mol. The number of anilines is 1. The van der Waals surface area contributed by atoms with Gasteiger partial charge in [0.15, 0.2) is 11.5 Å².